The summed E-state index contributed by atoms with van der Waals surface area (Å²) in [5, 5.41) is 6.68. The van der Waals surface area contributed by atoms with Crippen LogP contribution < -0.4 is 10.3 Å². The first-order chi connectivity index (χ1) is 16.0. The first kappa shape index (κ1) is 21.1. The van der Waals surface area contributed by atoms with E-state index in [1.54, 1.807) is 0 Å². The van der Waals surface area contributed by atoms with E-state index in [1.165, 1.54) is 33.4 Å². The number of fused-ring (bicyclic) bond motifs is 1. The van der Waals surface area contributed by atoms with Gasteiger partial charge in [-0.05, 0) is 49.6 Å². The maximum atomic E-state index is 13.4. The predicted octanol–water partition coefficient (Wildman–Crippen LogP) is 5.24. The second-order valence-corrected chi connectivity index (χ2v) is 8.61. The standard InChI is InChI=1S/C25H22N4O3S/c1-4-31-20-8-6-5-7-18(20)23-27-21(32-28-23)12-29-14-26-24-22(25(29)30)19(13-33-24)17-10-9-15(2)16(3)11-17/h5-11,13-14H,4,12H2,1-3H3. The Morgan fingerprint density at radius 3 is 2.76 bits per heavy atom. The van der Waals surface area contributed by atoms with Crippen LogP contribution in [0.5, 0.6) is 5.75 Å². The van der Waals surface area contributed by atoms with Gasteiger partial charge in [-0.3, -0.25) is 9.36 Å². The number of thiophene rings is 1. The average Bonchev–Trinajstić information content (AvgIpc) is 3.46. The van der Waals surface area contributed by atoms with Gasteiger partial charge in [0.25, 0.3) is 5.56 Å². The number of hydrogen-bond acceptors (Lipinski definition) is 7. The van der Waals surface area contributed by atoms with E-state index in [0.29, 0.717) is 34.3 Å². The molecule has 0 aliphatic carbocycles. The third-order valence-electron chi connectivity index (χ3n) is 5.58. The summed E-state index contributed by atoms with van der Waals surface area (Å²) in [6.45, 7) is 6.73. The van der Waals surface area contributed by atoms with Crippen LogP contribution >= 0.6 is 11.3 Å². The van der Waals surface area contributed by atoms with Gasteiger partial charge in [0.05, 0.1) is 23.9 Å². The van der Waals surface area contributed by atoms with Crippen molar-refractivity contribution in [3.8, 4) is 28.3 Å². The Balaban J connectivity index is 1.50. The fourth-order valence-corrected chi connectivity index (χ4v) is 4.62. The molecule has 166 valence electrons. The minimum Gasteiger partial charge on any atom is -0.493 e. The number of hydrogen-bond donors (Lipinski definition) is 0. The summed E-state index contributed by atoms with van der Waals surface area (Å²) >= 11 is 1.47. The molecular weight excluding hydrogens is 436 g/mol. The van der Waals surface area contributed by atoms with Crippen molar-refractivity contribution in [1.82, 2.24) is 19.7 Å². The Hall–Kier alpha value is -3.78. The molecule has 7 nitrogen and oxygen atoms in total. The van der Waals surface area contributed by atoms with Gasteiger partial charge in [0.15, 0.2) is 0 Å². The van der Waals surface area contributed by atoms with Crippen molar-refractivity contribution in [3.63, 3.8) is 0 Å². The molecule has 0 atom stereocenters. The Bertz CT molecular complexity index is 1520. The van der Waals surface area contributed by atoms with E-state index in [4.69, 9.17) is 9.26 Å². The van der Waals surface area contributed by atoms with Crippen LogP contribution in [-0.2, 0) is 6.54 Å². The summed E-state index contributed by atoms with van der Waals surface area (Å²) in [5.41, 5.74) is 4.90. The molecule has 0 spiro atoms. The summed E-state index contributed by atoms with van der Waals surface area (Å²) in [5.74, 6) is 1.42. The van der Waals surface area contributed by atoms with E-state index >= 15 is 0 Å². The van der Waals surface area contributed by atoms with Gasteiger partial charge in [-0.1, -0.05) is 35.5 Å². The molecule has 5 rings (SSSR count). The van der Waals surface area contributed by atoms with Crippen molar-refractivity contribution in [1.29, 1.82) is 0 Å². The SMILES string of the molecule is CCOc1ccccc1-c1noc(Cn2cnc3scc(-c4ccc(C)c(C)c4)c3c2=O)n1. The molecule has 0 aliphatic heterocycles. The highest BCUT2D eigenvalue weighted by molar-refractivity contribution is 7.17. The van der Waals surface area contributed by atoms with Gasteiger partial charge < -0.3 is 9.26 Å². The lowest BCUT2D eigenvalue weighted by Crippen LogP contribution is -2.21. The van der Waals surface area contributed by atoms with Crippen LogP contribution in [0.25, 0.3) is 32.7 Å². The monoisotopic (exact) mass is 458 g/mol. The largest absolute Gasteiger partial charge is 0.493 e. The molecule has 3 aromatic heterocycles. The highest BCUT2D eigenvalue weighted by atomic mass is 32.1. The van der Waals surface area contributed by atoms with Crippen LogP contribution in [0.1, 0.15) is 23.9 Å². The van der Waals surface area contributed by atoms with Crippen molar-refractivity contribution in [3.05, 3.63) is 81.5 Å². The molecule has 0 amide bonds. The normalized spacial score (nSPS) is 11.2. The first-order valence-electron chi connectivity index (χ1n) is 10.6. The summed E-state index contributed by atoms with van der Waals surface area (Å²) in [7, 11) is 0. The molecule has 0 saturated heterocycles. The van der Waals surface area contributed by atoms with Crippen LogP contribution in [0.4, 0.5) is 0 Å². The Labute approximate surface area is 194 Å². The topological polar surface area (TPSA) is 83.0 Å². The average molecular weight is 459 g/mol. The molecule has 0 fully saturated rings. The highest BCUT2D eigenvalue weighted by Gasteiger charge is 2.17. The molecule has 0 saturated carbocycles. The van der Waals surface area contributed by atoms with E-state index < -0.39 is 0 Å². The molecule has 0 bridgehead atoms. The molecule has 0 aliphatic rings. The fraction of sp³-hybridized carbons (Fsp3) is 0.200. The molecule has 5 aromatic rings. The van der Waals surface area contributed by atoms with Crippen LogP contribution in [0.2, 0.25) is 0 Å². The van der Waals surface area contributed by atoms with E-state index in [1.807, 2.05) is 42.6 Å². The minimum atomic E-state index is -0.135. The number of benzene rings is 2. The van der Waals surface area contributed by atoms with Gasteiger partial charge in [0.2, 0.25) is 11.7 Å². The number of para-hydroxylation sites is 1. The zero-order valence-electron chi connectivity index (χ0n) is 18.5. The van der Waals surface area contributed by atoms with E-state index in [9.17, 15) is 4.79 Å². The molecule has 8 heteroatoms. The number of ether oxygens (including phenoxy) is 1. The highest BCUT2D eigenvalue weighted by Crippen LogP contribution is 2.32. The summed E-state index contributed by atoms with van der Waals surface area (Å²) < 4.78 is 12.6. The van der Waals surface area contributed by atoms with Crippen molar-refractivity contribution in [2.75, 3.05) is 6.61 Å². The van der Waals surface area contributed by atoms with Crippen LogP contribution in [0.3, 0.4) is 0 Å². The van der Waals surface area contributed by atoms with Crippen LogP contribution in [0, 0.1) is 13.8 Å². The van der Waals surface area contributed by atoms with Crippen molar-refractivity contribution in [2.24, 2.45) is 0 Å². The van der Waals surface area contributed by atoms with Crippen molar-refractivity contribution in [2.45, 2.75) is 27.3 Å². The molecule has 0 N–H and O–H groups in total. The zero-order valence-corrected chi connectivity index (χ0v) is 19.3. The Morgan fingerprint density at radius 1 is 1.09 bits per heavy atom. The lowest BCUT2D eigenvalue weighted by molar-refractivity contribution is 0.340. The molecular formula is C25H22N4O3S. The maximum absolute atomic E-state index is 13.4. The predicted molar refractivity (Wildman–Crippen MR) is 129 cm³/mol. The Morgan fingerprint density at radius 2 is 1.94 bits per heavy atom. The Kier molecular flexibility index (Phi) is 5.51. The van der Waals surface area contributed by atoms with E-state index in [2.05, 4.69) is 41.1 Å². The summed E-state index contributed by atoms with van der Waals surface area (Å²) in [6, 6.07) is 13.7. The van der Waals surface area contributed by atoms with Crippen molar-refractivity contribution < 1.29 is 9.26 Å². The number of aryl methyl sites for hydroxylation is 2. The third-order valence-corrected chi connectivity index (χ3v) is 6.47. The van der Waals surface area contributed by atoms with Gasteiger partial charge in [0.1, 0.15) is 17.1 Å². The maximum Gasteiger partial charge on any atom is 0.263 e. The minimum absolute atomic E-state index is 0.133. The first-order valence-corrected chi connectivity index (χ1v) is 11.5. The second kappa shape index (κ2) is 8.63. The van der Waals surface area contributed by atoms with Gasteiger partial charge in [-0.25, -0.2) is 4.98 Å². The van der Waals surface area contributed by atoms with Crippen molar-refractivity contribution >= 4 is 21.6 Å². The molecule has 0 radical (unpaired) electrons. The molecule has 33 heavy (non-hydrogen) atoms. The molecule has 3 heterocycles. The van der Waals surface area contributed by atoms with Crippen LogP contribution in [0.15, 0.2) is 63.5 Å². The van der Waals surface area contributed by atoms with E-state index in [0.717, 1.165) is 16.7 Å². The molecule has 2 aromatic carbocycles. The van der Waals surface area contributed by atoms with Gasteiger partial charge in [-0.15, -0.1) is 11.3 Å². The third kappa shape index (κ3) is 3.93. The lowest BCUT2D eigenvalue weighted by atomic mass is 10.0. The smallest absolute Gasteiger partial charge is 0.263 e. The zero-order chi connectivity index (χ0) is 22.9. The van der Waals surface area contributed by atoms with Gasteiger partial charge >= 0.3 is 0 Å². The summed E-state index contributed by atoms with van der Waals surface area (Å²) in [6.07, 6.45) is 1.53. The fourth-order valence-electron chi connectivity index (χ4n) is 3.71. The van der Waals surface area contributed by atoms with Gasteiger partial charge in [0, 0.05) is 10.9 Å². The quantitative estimate of drug-likeness (QED) is 0.346. The number of aromatic nitrogens is 4. The second-order valence-electron chi connectivity index (χ2n) is 7.75. The van der Waals surface area contributed by atoms with Crippen LogP contribution in [-0.4, -0.2) is 26.3 Å². The number of rotatable bonds is 6. The lowest BCUT2D eigenvalue weighted by Gasteiger charge is -2.06. The summed E-state index contributed by atoms with van der Waals surface area (Å²) in [4.78, 5) is 23.1. The molecule has 0 unspecified atom stereocenters. The van der Waals surface area contributed by atoms with Gasteiger partial charge in [-0.2, -0.15) is 4.98 Å². The van der Waals surface area contributed by atoms with E-state index in [-0.39, 0.29) is 12.1 Å². The number of nitrogens with zero attached hydrogens (tertiary/aromatic N) is 4.